The maximum atomic E-state index is 12.6. The van der Waals surface area contributed by atoms with Crippen LogP contribution in [-0.2, 0) is 12.8 Å². The maximum absolute atomic E-state index is 12.6. The number of aromatic nitrogens is 3. The highest BCUT2D eigenvalue weighted by molar-refractivity contribution is 7.18. The van der Waals surface area contributed by atoms with E-state index >= 15 is 0 Å². The number of hydrogen-bond donors (Lipinski definition) is 1. The highest BCUT2D eigenvalue weighted by Crippen LogP contribution is 2.25. The number of benzene rings is 1. The fourth-order valence-electron chi connectivity index (χ4n) is 3.03. The van der Waals surface area contributed by atoms with Crippen molar-refractivity contribution >= 4 is 33.1 Å². The lowest BCUT2D eigenvalue weighted by Gasteiger charge is -2.16. The normalized spacial score (nSPS) is 13.8. The molecule has 0 saturated heterocycles. The Morgan fingerprint density at radius 2 is 2.09 bits per heavy atom. The third kappa shape index (κ3) is 2.70. The molecule has 0 radical (unpaired) electrons. The Hall–Kier alpha value is -2.34. The van der Waals surface area contributed by atoms with Gasteiger partial charge in [0.2, 0.25) is 0 Å². The molecule has 1 aliphatic carbocycles. The van der Waals surface area contributed by atoms with Gasteiger partial charge in [0.1, 0.15) is 12.0 Å². The minimum Gasteiger partial charge on any atom is -0.321 e. The monoisotopic (exact) mass is 324 g/mol. The number of carbonyl (C=O) groups excluding carboxylic acids is 1. The molecule has 3 aromatic rings. The highest BCUT2D eigenvalue weighted by Gasteiger charge is 2.20. The molecule has 2 aromatic heterocycles. The number of nitrogens with one attached hydrogen (secondary N) is 1. The summed E-state index contributed by atoms with van der Waals surface area (Å²) in [6.07, 6.45) is 5.52. The summed E-state index contributed by atoms with van der Waals surface area (Å²) in [4.78, 5) is 25.6. The predicted molar refractivity (Wildman–Crippen MR) is 91.0 cm³/mol. The summed E-state index contributed by atoms with van der Waals surface area (Å²) in [5.41, 5.74) is 4.18. The van der Waals surface area contributed by atoms with Crippen LogP contribution < -0.4 is 5.32 Å². The minimum absolute atomic E-state index is 0.170. The van der Waals surface area contributed by atoms with E-state index in [4.69, 9.17) is 0 Å². The van der Waals surface area contributed by atoms with E-state index < -0.39 is 0 Å². The second-order valence-corrected chi connectivity index (χ2v) is 6.96. The van der Waals surface area contributed by atoms with E-state index in [-0.39, 0.29) is 5.91 Å². The number of carbonyl (C=O) groups is 1. The zero-order valence-electron chi connectivity index (χ0n) is 12.8. The molecule has 0 unspecified atom stereocenters. The second kappa shape index (κ2) is 5.70. The SMILES string of the molecule is Cc1nc2cc(NC(=O)c3ncnc4c3CCCC4)ccc2s1. The molecule has 6 heteroatoms. The molecule has 116 valence electrons. The van der Waals surface area contributed by atoms with Crippen molar-refractivity contribution in [3.63, 3.8) is 0 Å². The van der Waals surface area contributed by atoms with Gasteiger partial charge in [-0.15, -0.1) is 11.3 Å². The van der Waals surface area contributed by atoms with E-state index in [0.29, 0.717) is 5.69 Å². The fraction of sp³-hybridized carbons (Fsp3) is 0.294. The van der Waals surface area contributed by atoms with Gasteiger partial charge in [-0.1, -0.05) is 0 Å². The van der Waals surface area contributed by atoms with Gasteiger partial charge in [-0.3, -0.25) is 4.79 Å². The van der Waals surface area contributed by atoms with Gasteiger partial charge in [0.25, 0.3) is 5.91 Å². The molecule has 1 amide bonds. The van der Waals surface area contributed by atoms with Crippen LogP contribution in [0.3, 0.4) is 0 Å². The molecule has 1 aliphatic rings. The van der Waals surface area contributed by atoms with Crippen LogP contribution in [0, 0.1) is 6.92 Å². The van der Waals surface area contributed by atoms with Crippen molar-refractivity contribution in [2.24, 2.45) is 0 Å². The smallest absolute Gasteiger partial charge is 0.274 e. The van der Waals surface area contributed by atoms with Crippen LogP contribution in [0.5, 0.6) is 0 Å². The zero-order valence-corrected chi connectivity index (χ0v) is 13.6. The molecule has 0 atom stereocenters. The zero-order chi connectivity index (χ0) is 15.8. The van der Waals surface area contributed by atoms with Gasteiger partial charge in [0.15, 0.2) is 0 Å². The summed E-state index contributed by atoms with van der Waals surface area (Å²) in [6.45, 7) is 1.98. The molecule has 1 N–H and O–H groups in total. The molecule has 1 aromatic carbocycles. The van der Waals surface area contributed by atoms with Gasteiger partial charge in [0.05, 0.1) is 15.2 Å². The first-order valence-corrected chi connectivity index (χ1v) is 8.53. The largest absolute Gasteiger partial charge is 0.321 e. The van der Waals surface area contributed by atoms with E-state index in [1.807, 2.05) is 25.1 Å². The molecule has 5 nitrogen and oxygen atoms in total. The number of amides is 1. The maximum Gasteiger partial charge on any atom is 0.274 e. The van der Waals surface area contributed by atoms with Crippen molar-refractivity contribution in [3.8, 4) is 0 Å². The average molecular weight is 324 g/mol. The molecule has 2 heterocycles. The van der Waals surface area contributed by atoms with Crippen LogP contribution in [0.25, 0.3) is 10.2 Å². The first kappa shape index (κ1) is 14.3. The third-order valence-electron chi connectivity index (χ3n) is 4.09. The van der Waals surface area contributed by atoms with E-state index in [1.54, 1.807) is 11.3 Å². The van der Waals surface area contributed by atoms with Crippen molar-refractivity contribution in [2.45, 2.75) is 32.6 Å². The number of nitrogens with zero attached hydrogens (tertiary/aromatic N) is 3. The number of fused-ring (bicyclic) bond motifs is 2. The number of rotatable bonds is 2. The van der Waals surface area contributed by atoms with E-state index in [2.05, 4.69) is 20.3 Å². The Labute approximate surface area is 137 Å². The molecule has 0 saturated carbocycles. The molecule has 0 bridgehead atoms. The van der Waals surface area contributed by atoms with Crippen LogP contribution in [0.4, 0.5) is 5.69 Å². The highest BCUT2D eigenvalue weighted by atomic mass is 32.1. The van der Waals surface area contributed by atoms with E-state index in [0.717, 1.165) is 57.9 Å². The lowest BCUT2D eigenvalue weighted by atomic mass is 9.94. The summed E-state index contributed by atoms with van der Waals surface area (Å²) < 4.78 is 1.12. The predicted octanol–water partition coefficient (Wildman–Crippen LogP) is 3.53. The summed E-state index contributed by atoms with van der Waals surface area (Å²) in [7, 11) is 0. The lowest BCUT2D eigenvalue weighted by molar-refractivity contribution is 0.102. The summed E-state index contributed by atoms with van der Waals surface area (Å²) >= 11 is 1.65. The number of anilines is 1. The van der Waals surface area contributed by atoms with E-state index in [9.17, 15) is 4.79 Å². The molecule has 0 spiro atoms. The molecular formula is C17H16N4OS. The van der Waals surface area contributed by atoms with E-state index in [1.165, 1.54) is 6.33 Å². The van der Waals surface area contributed by atoms with Crippen molar-refractivity contribution in [1.29, 1.82) is 0 Å². The van der Waals surface area contributed by atoms with Gasteiger partial charge in [0, 0.05) is 16.9 Å². The quantitative estimate of drug-likeness (QED) is 0.783. The Bertz CT molecular complexity index is 903. The Morgan fingerprint density at radius 1 is 1.22 bits per heavy atom. The molecule has 23 heavy (non-hydrogen) atoms. The van der Waals surface area contributed by atoms with Gasteiger partial charge in [-0.25, -0.2) is 15.0 Å². The topological polar surface area (TPSA) is 67.8 Å². The van der Waals surface area contributed by atoms with Gasteiger partial charge >= 0.3 is 0 Å². The Kier molecular flexibility index (Phi) is 3.53. The number of thiazole rings is 1. The first-order valence-electron chi connectivity index (χ1n) is 7.72. The molecular weight excluding hydrogens is 308 g/mol. The molecule has 0 aliphatic heterocycles. The Balaban J connectivity index is 1.64. The van der Waals surface area contributed by atoms with Crippen LogP contribution in [-0.4, -0.2) is 20.9 Å². The number of aryl methyl sites for hydroxylation is 2. The van der Waals surface area contributed by atoms with Crippen LogP contribution in [0.15, 0.2) is 24.5 Å². The average Bonchev–Trinajstić information content (AvgIpc) is 2.93. The number of hydrogen-bond acceptors (Lipinski definition) is 5. The Morgan fingerprint density at radius 3 is 3.00 bits per heavy atom. The van der Waals surface area contributed by atoms with Crippen LogP contribution >= 0.6 is 11.3 Å². The summed E-state index contributed by atoms with van der Waals surface area (Å²) in [5.74, 6) is -0.170. The van der Waals surface area contributed by atoms with Gasteiger partial charge in [-0.2, -0.15) is 0 Å². The van der Waals surface area contributed by atoms with Crippen LogP contribution in [0.2, 0.25) is 0 Å². The first-order chi connectivity index (χ1) is 11.2. The second-order valence-electron chi connectivity index (χ2n) is 5.72. The van der Waals surface area contributed by atoms with Gasteiger partial charge < -0.3 is 5.32 Å². The summed E-state index contributed by atoms with van der Waals surface area (Å²) in [5, 5.41) is 3.97. The molecule has 4 rings (SSSR count). The van der Waals surface area contributed by atoms with Crippen molar-refractivity contribution in [3.05, 3.63) is 46.5 Å². The lowest BCUT2D eigenvalue weighted by Crippen LogP contribution is -2.20. The minimum atomic E-state index is -0.170. The van der Waals surface area contributed by atoms with Crippen molar-refractivity contribution in [1.82, 2.24) is 15.0 Å². The fourth-order valence-corrected chi connectivity index (χ4v) is 3.83. The van der Waals surface area contributed by atoms with Crippen LogP contribution in [0.1, 0.15) is 39.6 Å². The third-order valence-corrected chi connectivity index (χ3v) is 5.04. The molecule has 0 fully saturated rings. The summed E-state index contributed by atoms with van der Waals surface area (Å²) in [6, 6.07) is 5.81. The van der Waals surface area contributed by atoms with Gasteiger partial charge in [-0.05, 0) is 50.8 Å². The standard InChI is InChI=1S/C17H16N4OS/c1-10-20-14-8-11(6-7-15(14)23-10)21-17(22)16-12-4-2-3-5-13(12)18-9-19-16/h6-9H,2-5H2,1H3,(H,21,22). The van der Waals surface area contributed by atoms with Crippen molar-refractivity contribution < 1.29 is 4.79 Å². The van der Waals surface area contributed by atoms with Crippen molar-refractivity contribution in [2.75, 3.05) is 5.32 Å².